The lowest BCUT2D eigenvalue weighted by Gasteiger charge is -2.14. The van der Waals surface area contributed by atoms with E-state index in [0.717, 1.165) is 29.2 Å². The Morgan fingerprint density at radius 3 is 2.71 bits per heavy atom. The molecule has 2 aromatic rings. The van der Waals surface area contributed by atoms with Gasteiger partial charge >= 0.3 is 0 Å². The molecular formula is C16H23N3O2. The minimum Gasteiger partial charge on any atom is -0.493 e. The van der Waals surface area contributed by atoms with Gasteiger partial charge < -0.3 is 15.2 Å². The Morgan fingerprint density at radius 2 is 2.10 bits per heavy atom. The fourth-order valence-electron chi connectivity index (χ4n) is 2.13. The molecule has 2 rings (SSSR count). The highest BCUT2D eigenvalue weighted by Crippen LogP contribution is 2.31. The summed E-state index contributed by atoms with van der Waals surface area (Å²) < 4.78 is 13.2. The van der Waals surface area contributed by atoms with Gasteiger partial charge in [-0.25, -0.2) is 0 Å². The number of rotatable bonds is 7. The third-order valence-corrected chi connectivity index (χ3v) is 3.25. The SMILES string of the molecule is COc1cccc(CCN)c1OCc1ccn(C(C)C)n1. The van der Waals surface area contributed by atoms with Gasteiger partial charge in [0.1, 0.15) is 6.61 Å². The van der Waals surface area contributed by atoms with Gasteiger partial charge in [0, 0.05) is 12.2 Å². The van der Waals surface area contributed by atoms with Crippen LogP contribution in [0.5, 0.6) is 11.5 Å². The maximum Gasteiger partial charge on any atom is 0.164 e. The van der Waals surface area contributed by atoms with Crippen molar-refractivity contribution in [1.29, 1.82) is 0 Å². The normalized spacial score (nSPS) is 10.9. The molecule has 1 heterocycles. The molecule has 0 spiro atoms. The zero-order valence-corrected chi connectivity index (χ0v) is 12.9. The van der Waals surface area contributed by atoms with Gasteiger partial charge in [0.05, 0.1) is 12.8 Å². The Labute approximate surface area is 125 Å². The third kappa shape index (κ3) is 3.76. The van der Waals surface area contributed by atoms with Gasteiger partial charge in [-0.3, -0.25) is 4.68 Å². The lowest BCUT2D eigenvalue weighted by molar-refractivity contribution is 0.276. The van der Waals surface area contributed by atoms with Gasteiger partial charge in [0.2, 0.25) is 0 Å². The first-order valence-electron chi connectivity index (χ1n) is 7.18. The molecule has 1 aromatic heterocycles. The Balaban J connectivity index is 2.14. The lowest BCUT2D eigenvalue weighted by Crippen LogP contribution is -2.07. The summed E-state index contributed by atoms with van der Waals surface area (Å²) in [6.45, 7) is 5.18. The molecule has 0 saturated carbocycles. The van der Waals surface area contributed by atoms with E-state index in [-0.39, 0.29) is 0 Å². The van der Waals surface area contributed by atoms with Crippen LogP contribution in [-0.4, -0.2) is 23.4 Å². The van der Waals surface area contributed by atoms with Crippen LogP contribution in [-0.2, 0) is 13.0 Å². The molecular weight excluding hydrogens is 266 g/mol. The van der Waals surface area contributed by atoms with Gasteiger partial charge in [0.25, 0.3) is 0 Å². The number of hydrogen-bond donors (Lipinski definition) is 1. The van der Waals surface area contributed by atoms with Gasteiger partial charge in [-0.15, -0.1) is 0 Å². The number of methoxy groups -OCH3 is 1. The summed E-state index contributed by atoms with van der Waals surface area (Å²) in [7, 11) is 1.64. The Hall–Kier alpha value is -2.01. The van der Waals surface area contributed by atoms with Crippen LogP contribution in [0.3, 0.4) is 0 Å². The summed E-state index contributed by atoms with van der Waals surface area (Å²) in [4.78, 5) is 0. The number of para-hydroxylation sites is 1. The summed E-state index contributed by atoms with van der Waals surface area (Å²) in [5, 5.41) is 4.48. The molecule has 0 unspecified atom stereocenters. The molecule has 0 fully saturated rings. The van der Waals surface area contributed by atoms with Crippen molar-refractivity contribution in [3.63, 3.8) is 0 Å². The molecule has 0 bridgehead atoms. The van der Waals surface area contributed by atoms with E-state index in [9.17, 15) is 0 Å². The van der Waals surface area contributed by atoms with Crippen LogP contribution in [0.4, 0.5) is 0 Å². The second-order valence-electron chi connectivity index (χ2n) is 5.16. The van der Waals surface area contributed by atoms with Gasteiger partial charge in [0.15, 0.2) is 11.5 Å². The highest BCUT2D eigenvalue weighted by molar-refractivity contribution is 5.46. The lowest BCUT2D eigenvalue weighted by atomic mass is 10.1. The quantitative estimate of drug-likeness (QED) is 0.851. The highest BCUT2D eigenvalue weighted by Gasteiger charge is 2.11. The Kier molecular flexibility index (Phi) is 5.22. The minimum atomic E-state index is 0.345. The van der Waals surface area contributed by atoms with Crippen LogP contribution in [0.15, 0.2) is 30.5 Å². The van der Waals surface area contributed by atoms with E-state index < -0.39 is 0 Å². The van der Waals surface area contributed by atoms with Crippen molar-refractivity contribution in [3.05, 3.63) is 41.7 Å². The minimum absolute atomic E-state index is 0.345. The van der Waals surface area contributed by atoms with E-state index in [4.69, 9.17) is 15.2 Å². The number of nitrogens with zero attached hydrogens (tertiary/aromatic N) is 2. The van der Waals surface area contributed by atoms with E-state index in [1.165, 1.54) is 0 Å². The summed E-state index contributed by atoms with van der Waals surface area (Å²) in [5.74, 6) is 1.48. The molecule has 1 aromatic carbocycles. The smallest absolute Gasteiger partial charge is 0.164 e. The van der Waals surface area contributed by atoms with E-state index in [1.807, 2.05) is 35.1 Å². The molecule has 2 N–H and O–H groups in total. The highest BCUT2D eigenvalue weighted by atomic mass is 16.5. The molecule has 0 amide bonds. The standard InChI is InChI=1S/C16H23N3O2/c1-12(2)19-10-8-14(18-19)11-21-16-13(7-9-17)5-4-6-15(16)20-3/h4-6,8,10,12H,7,9,11,17H2,1-3H3. The van der Waals surface area contributed by atoms with Gasteiger partial charge in [-0.2, -0.15) is 5.10 Å². The van der Waals surface area contributed by atoms with Crippen molar-refractivity contribution in [2.45, 2.75) is 32.9 Å². The first kappa shape index (κ1) is 15.4. The number of hydrogen-bond acceptors (Lipinski definition) is 4. The van der Waals surface area contributed by atoms with E-state index >= 15 is 0 Å². The van der Waals surface area contributed by atoms with Crippen LogP contribution < -0.4 is 15.2 Å². The second-order valence-corrected chi connectivity index (χ2v) is 5.16. The van der Waals surface area contributed by atoms with Crippen LogP contribution >= 0.6 is 0 Å². The topological polar surface area (TPSA) is 62.3 Å². The molecule has 114 valence electrons. The number of benzene rings is 1. The molecule has 0 saturated heterocycles. The van der Waals surface area contributed by atoms with Gasteiger partial charge in [-0.05, 0) is 44.5 Å². The largest absolute Gasteiger partial charge is 0.493 e. The average Bonchev–Trinajstić information content (AvgIpc) is 2.95. The average molecular weight is 289 g/mol. The Morgan fingerprint density at radius 1 is 1.29 bits per heavy atom. The maximum absolute atomic E-state index is 5.93. The van der Waals surface area contributed by atoms with E-state index in [2.05, 4.69) is 18.9 Å². The van der Waals surface area contributed by atoms with Crippen molar-refractivity contribution in [2.24, 2.45) is 5.73 Å². The molecule has 5 heteroatoms. The summed E-state index contributed by atoms with van der Waals surface area (Å²) in [6, 6.07) is 8.17. The Bertz CT molecular complexity index is 579. The van der Waals surface area contributed by atoms with E-state index in [1.54, 1.807) is 7.11 Å². The zero-order valence-electron chi connectivity index (χ0n) is 12.9. The molecule has 0 aliphatic heterocycles. The molecule has 0 aliphatic rings. The fourth-order valence-corrected chi connectivity index (χ4v) is 2.13. The van der Waals surface area contributed by atoms with Crippen molar-refractivity contribution in [3.8, 4) is 11.5 Å². The van der Waals surface area contributed by atoms with Crippen LogP contribution in [0.2, 0.25) is 0 Å². The summed E-state index contributed by atoms with van der Waals surface area (Å²) >= 11 is 0. The summed E-state index contributed by atoms with van der Waals surface area (Å²) in [5.41, 5.74) is 7.61. The molecule has 0 atom stereocenters. The number of nitrogens with two attached hydrogens (primary N) is 1. The molecule has 0 radical (unpaired) electrons. The predicted molar refractivity (Wildman–Crippen MR) is 82.7 cm³/mol. The summed E-state index contributed by atoms with van der Waals surface area (Å²) in [6.07, 6.45) is 2.72. The van der Waals surface area contributed by atoms with Gasteiger partial charge in [-0.1, -0.05) is 12.1 Å². The molecule has 0 aliphatic carbocycles. The molecule has 5 nitrogen and oxygen atoms in total. The third-order valence-electron chi connectivity index (χ3n) is 3.25. The predicted octanol–water partition coefficient (Wildman–Crippen LogP) is 2.55. The first-order chi connectivity index (χ1) is 10.2. The monoisotopic (exact) mass is 289 g/mol. The van der Waals surface area contributed by atoms with Crippen molar-refractivity contribution < 1.29 is 9.47 Å². The van der Waals surface area contributed by atoms with E-state index in [0.29, 0.717) is 19.2 Å². The molecule has 21 heavy (non-hydrogen) atoms. The van der Waals surface area contributed by atoms with Crippen molar-refractivity contribution >= 4 is 0 Å². The van der Waals surface area contributed by atoms with Crippen LogP contribution in [0, 0.1) is 0 Å². The van der Waals surface area contributed by atoms with Crippen molar-refractivity contribution in [1.82, 2.24) is 9.78 Å². The van der Waals surface area contributed by atoms with Crippen LogP contribution in [0.25, 0.3) is 0 Å². The zero-order chi connectivity index (χ0) is 15.2. The van der Waals surface area contributed by atoms with Crippen LogP contribution in [0.1, 0.15) is 31.1 Å². The first-order valence-corrected chi connectivity index (χ1v) is 7.18. The number of aromatic nitrogens is 2. The fraction of sp³-hybridized carbons (Fsp3) is 0.438. The second kappa shape index (κ2) is 7.13. The maximum atomic E-state index is 5.93. The van der Waals surface area contributed by atoms with Crippen molar-refractivity contribution in [2.75, 3.05) is 13.7 Å². The number of ether oxygens (including phenoxy) is 2.